The first kappa shape index (κ1) is 23.9. The molecule has 1 saturated heterocycles. The van der Waals surface area contributed by atoms with Crippen molar-refractivity contribution in [2.45, 2.75) is 65.5 Å². The SMILES string of the molecule is CCC1CC(O)CN1C(=O)CCc1cc2nc3ccc(OC(=O)C(C)(C)C)cc3oc-2cc1=O. The van der Waals surface area contributed by atoms with Gasteiger partial charge in [-0.1, -0.05) is 6.92 Å². The van der Waals surface area contributed by atoms with E-state index in [4.69, 9.17) is 9.15 Å². The molecular formula is C26H30N2O6. The Kier molecular flexibility index (Phi) is 6.45. The van der Waals surface area contributed by atoms with Crippen molar-refractivity contribution in [1.29, 1.82) is 0 Å². The van der Waals surface area contributed by atoms with E-state index in [1.165, 1.54) is 6.07 Å². The van der Waals surface area contributed by atoms with Crippen molar-refractivity contribution >= 4 is 23.0 Å². The Hall–Kier alpha value is -3.26. The molecule has 1 fully saturated rings. The number of likely N-dealkylation sites (tertiary alicyclic amines) is 1. The lowest BCUT2D eigenvalue weighted by Crippen LogP contribution is -2.36. The van der Waals surface area contributed by atoms with Crippen LogP contribution < -0.4 is 10.2 Å². The Balaban J connectivity index is 1.55. The molecule has 3 aliphatic rings. The fourth-order valence-corrected chi connectivity index (χ4v) is 4.17. The fourth-order valence-electron chi connectivity index (χ4n) is 4.17. The Morgan fingerprint density at radius 1 is 1.24 bits per heavy atom. The number of amides is 1. The Labute approximate surface area is 197 Å². The van der Waals surface area contributed by atoms with Gasteiger partial charge in [-0.05, 0) is 58.2 Å². The molecule has 0 radical (unpaired) electrons. The molecule has 0 bridgehead atoms. The lowest BCUT2D eigenvalue weighted by Gasteiger charge is -2.23. The van der Waals surface area contributed by atoms with E-state index in [9.17, 15) is 19.5 Å². The second-order valence-corrected chi connectivity index (χ2v) is 9.91. The summed E-state index contributed by atoms with van der Waals surface area (Å²) in [6.45, 7) is 7.66. The average Bonchev–Trinajstić information content (AvgIpc) is 3.16. The largest absolute Gasteiger partial charge is 0.453 e. The highest BCUT2D eigenvalue weighted by atomic mass is 16.5. The van der Waals surface area contributed by atoms with Crippen LogP contribution in [0.2, 0.25) is 0 Å². The van der Waals surface area contributed by atoms with E-state index in [0.717, 1.165) is 6.42 Å². The molecule has 0 spiro atoms. The van der Waals surface area contributed by atoms with Gasteiger partial charge in [-0.3, -0.25) is 14.4 Å². The minimum absolute atomic E-state index is 0.0465. The number of rotatable bonds is 5. The maximum absolute atomic E-state index is 12.7. The van der Waals surface area contributed by atoms with Gasteiger partial charge in [-0.2, -0.15) is 0 Å². The van der Waals surface area contributed by atoms with E-state index in [1.807, 2.05) is 6.92 Å². The number of benzene rings is 2. The molecule has 180 valence electrons. The summed E-state index contributed by atoms with van der Waals surface area (Å²) in [5.41, 5.74) is 1.08. The summed E-state index contributed by atoms with van der Waals surface area (Å²) in [5.74, 6) is 0.236. The molecule has 2 atom stereocenters. The van der Waals surface area contributed by atoms with Crippen molar-refractivity contribution in [2.24, 2.45) is 5.41 Å². The number of nitrogens with zero attached hydrogens (tertiary/aromatic N) is 2. The van der Waals surface area contributed by atoms with Gasteiger partial charge in [0, 0.05) is 36.7 Å². The molecule has 1 N–H and O–H groups in total. The van der Waals surface area contributed by atoms with E-state index < -0.39 is 11.5 Å². The van der Waals surface area contributed by atoms with Crippen molar-refractivity contribution in [3.63, 3.8) is 0 Å². The van der Waals surface area contributed by atoms with Crippen LogP contribution >= 0.6 is 0 Å². The zero-order chi connectivity index (χ0) is 24.6. The third-order valence-electron chi connectivity index (χ3n) is 6.15. The quantitative estimate of drug-likeness (QED) is 0.348. The van der Waals surface area contributed by atoms with Crippen LogP contribution in [-0.4, -0.2) is 45.6 Å². The molecular weight excluding hydrogens is 436 g/mol. The van der Waals surface area contributed by atoms with Crippen molar-refractivity contribution in [3.8, 4) is 17.2 Å². The number of β-amino-alcohol motifs (C(OH)–C–C–N with tert-alkyl or cyclic N) is 1. The number of fused-ring (bicyclic) bond motifs is 2. The third kappa shape index (κ3) is 4.97. The molecule has 1 aromatic carbocycles. The Bertz CT molecular complexity index is 1260. The lowest BCUT2D eigenvalue weighted by molar-refractivity contribution is -0.143. The number of carbonyl (C=O) groups excluding carboxylic acids is 2. The van der Waals surface area contributed by atoms with Gasteiger partial charge in [0.25, 0.3) is 0 Å². The normalized spacial score (nSPS) is 18.6. The number of aromatic nitrogens is 1. The van der Waals surface area contributed by atoms with Crippen LogP contribution in [0.4, 0.5) is 0 Å². The first-order valence-corrected chi connectivity index (χ1v) is 11.6. The van der Waals surface area contributed by atoms with E-state index >= 15 is 0 Å². The minimum atomic E-state index is -0.644. The highest BCUT2D eigenvalue weighted by Crippen LogP contribution is 2.29. The molecule has 2 unspecified atom stereocenters. The standard InChI is InChI=1S/C26H30N2O6/c1-5-16-11-17(29)14-28(16)24(31)9-6-15-10-20-23(13-21(15)30)34-22-12-18(7-8-19(22)27-20)33-25(32)26(2,3)4/h7-8,10,12-13,16-17,29H,5-6,9,11,14H2,1-4H3. The Morgan fingerprint density at radius 2 is 2.00 bits per heavy atom. The summed E-state index contributed by atoms with van der Waals surface area (Å²) >= 11 is 0. The fraction of sp³-hybridized carbons (Fsp3) is 0.462. The maximum atomic E-state index is 12.7. The maximum Gasteiger partial charge on any atom is 0.316 e. The molecule has 8 nitrogen and oxygen atoms in total. The molecule has 2 aliphatic heterocycles. The van der Waals surface area contributed by atoms with Gasteiger partial charge in [0.15, 0.2) is 16.8 Å². The lowest BCUT2D eigenvalue weighted by atomic mass is 9.97. The molecule has 0 saturated carbocycles. The van der Waals surface area contributed by atoms with Gasteiger partial charge in [-0.15, -0.1) is 0 Å². The topological polar surface area (TPSA) is 110 Å². The molecule has 1 amide bonds. The molecule has 4 rings (SSSR count). The van der Waals surface area contributed by atoms with E-state index in [2.05, 4.69) is 4.98 Å². The van der Waals surface area contributed by atoms with Gasteiger partial charge in [0.2, 0.25) is 5.91 Å². The second-order valence-electron chi connectivity index (χ2n) is 9.91. The van der Waals surface area contributed by atoms with Crippen molar-refractivity contribution in [2.75, 3.05) is 6.54 Å². The molecule has 8 heteroatoms. The van der Waals surface area contributed by atoms with Crippen LogP contribution in [0.5, 0.6) is 5.75 Å². The monoisotopic (exact) mass is 466 g/mol. The van der Waals surface area contributed by atoms with Gasteiger partial charge in [0.1, 0.15) is 17.0 Å². The second kappa shape index (κ2) is 9.18. The van der Waals surface area contributed by atoms with Crippen LogP contribution in [0.15, 0.2) is 39.5 Å². The number of esters is 1. The van der Waals surface area contributed by atoms with Gasteiger partial charge in [0.05, 0.1) is 11.5 Å². The summed E-state index contributed by atoms with van der Waals surface area (Å²) in [5, 5.41) is 9.89. The molecule has 34 heavy (non-hydrogen) atoms. The first-order chi connectivity index (χ1) is 16.0. The van der Waals surface area contributed by atoms with Crippen molar-refractivity contribution in [1.82, 2.24) is 9.88 Å². The minimum Gasteiger partial charge on any atom is -0.453 e. The first-order valence-electron chi connectivity index (χ1n) is 11.6. The predicted octanol–water partition coefficient (Wildman–Crippen LogP) is 3.55. The summed E-state index contributed by atoms with van der Waals surface area (Å²) < 4.78 is 11.3. The van der Waals surface area contributed by atoms with Gasteiger partial charge < -0.3 is 19.2 Å². The number of aliphatic hydroxyl groups excluding tert-OH is 1. The van der Waals surface area contributed by atoms with E-state index in [0.29, 0.717) is 46.8 Å². The number of hydrogen-bond acceptors (Lipinski definition) is 7. The van der Waals surface area contributed by atoms with Crippen molar-refractivity contribution < 1.29 is 23.8 Å². The van der Waals surface area contributed by atoms with E-state index in [1.54, 1.807) is 49.9 Å². The number of aryl methyl sites for hydroxylation is 1. The zero-order valence-corrected chi connectivity index (χ0v) is 20.0. The highest BCUT2D eigenvalue weighted by Gasteiger charge is 2.32. The van der Waals surface area contributed by atoms with Gasteiger partial charge in [-0.25, -0.2) is 4.98 Å². The van der Waals surface area contributed by atoms with E-state index in [-0.39, 0.29) is 36.2 Å². The molecule has 2 heterocycles. The number of hydrogen-bond donors (Lipinski definition) is 1. The number of aliphatic hydroxyl groups is 1. The summed E-state index contributed by atoms with van der Waals surface area (Å²) in [6.07, 6.45) is 1.39. The summed E-state index contributed by atoms with van der Waals surface area (Å²) in [4.78, 5) is 43.8. The van der Waals surface area contributed by atoms with Crippen LogP contribution in [0, 0.1) is 5.41 Å². The Morgan fingerprint density at radius 3 is 2.71 bits per heavy atom. The van der Waals surface area contributed by atoms with Crippen LogP contribution in [0.25, 0.3) is 22.6 Å². The predicted molar refractivity (Wildman–Crippen MR) is 127 cm³/mol. The van der Waals surface area contributed by atoms with Crippen LogP contribution in [-0.2, 0) is 16.0 Å². The molecule has 0 aromatic heterocycles. The molecule has 1 aliphatic carbocycles. The van der Waals surface area contributed by atoms with Gasteiger partial charge >= 0.3 is 5.97 Å². The van der Waals surface area contributed by atoms with Crippen molar-refractivity contribution in [3.05, 3.63) is 46.1 Å². The van der Waals surface area contributed by atoms with Crippen LogP contribution in [0.3, 0.4) is 0 Å². The molecule has 1 aromatic rings. The number of carbonyl (C=O) groups is 2. The smallest absolute Gasteiger partial charge is 0.316 e. The summed E-state index contributed by atoms with van der Waals surface area (Å²) in [7, 11) is 0. The third-order valence-corrected chi connectivity index (χ3v) is 6.15. The average molecular weight is 467 g/mol. The van der Waals surface area contributed by atoms with Crippen LogP contribution in [0.1, 0.15) is 52.5 Å². The zero-order valence-electron chi connectivity index (χ0n) is 20.0. The number of ether oxygens (including phenoxy) is 1. The highest BCUT2D eigenvalue weighted by molar-refractivity contribution is 5.81. The summed E-state index contributed by atoms with van der Waals surface area (Å²) in [6, 6.07) is 8.02.